The van der Waals surface area contributed by atoms with E-state index in [0.29, 0.717) is 0 Å². The van der Waals surface area contributed by atoms with E-state index >= 15 is 0 Å². The standard InChI is InChI=1S/C15H22F2N2O.ClH/c1-2-3-4-12-5-7-13(8-6-12)9-14(20)19-11-15(16,17)10-18;/h5-8H,2-4,9-11,18H2,1H3,(H,19,20);1H. The Labute approximate surface area is 130 Å². The quantitative estimate of drug-likeness (QED) is 0.774. The van der Waals surface area contributed by atoms with E-state index < -0.39 is 24.9 Å². The van der Waals surface area contributed by atoms with Crippen LogP contribution in [0.4, 0.5) is 8.78 Å². The van der Waals surface area contributed by atoms with Crippen molar-refractivity contribution in [3.63, 3.8) is 0 Å². The number of rotatable bonds is 8. The average molecular weight is 321 g/mol. The lowest BCUT2D eigenvalue weighted by molar-refractivity contribution is -0.122. The van der Waals surface area contributed by atoms with Gasteiger partial charge in [-0.1, -0.05) is 37.6 Å². The molecule has 3 N–H and O–H groups in total. The van der Waals surface area contributed by atoms with Gasteiger partial charge in [0.15, 0.2) is 0 Å². The zero-order valence-electron chi connectivity index (χ0n) is 12.2. The van der Waals surface area contributed by atoms with E-state index in [1.165, 1.54) is 5.56 Å². The lowest BCUT2D eigenvalue weighted by atomic mass is 10.0. The molecule has 0 aliphatic carbocycles. The van der Waals surface area contributed by atoms with Crippen LogP contribution in [0.5, 0.6) is 0 Å². The molecule has 0 atom stereocenters. The lowest BCUT2D eigenvalue weighted by Gasteiger charge is -2.14. The molecule has 0 aliphatic heterocycles. The first-order chi connectivity index (χ1) is 9.46. The molecular weight excluding hydrogens is 298 g/mol. The van der Waals surface area contributed by atoms with E-state index in [0.717, 1.165) is 24.8 Å². The van der Waals surface area contributed by atoms with Gasteiger partial charge < -0.3 is 11.1 Å². The summed E-state index contributed by atoms with van der Waals surface area (Å²) in [4.78, 5) is 11.5. The van der Waals surface area contributed by atoms with Crippen LogP contribution < -0.4 is 11.1 Å². The molecule has 0 radical (unpaired) electrons. The van der Waals surface area contributed by atoms with Gasteiger partial charge >= 0.3 is 0 Å². The monoisotopic (exact) mass is 320 g/mol. The van der Waals surface area contributed by atoms with E-state index in [9.17, 15) is 13.6 Å². The van der Waals surface area contributed by atoms with Gasteiger partial charge in [-0.05, 0) is 24.0 Å². The van der Waals surface area contributed by atoms with Crippen LogP contribution in [0.15, 0.2) is 24.3 Å². The maximum atomic E-state index is 12.9. The Morgan fingerprint density at radius 3 is 2.33 bits per heavy atom. The predicted molar refractivity (Wildman–Crippen MR) is 83.0 cm³/mol. The van der Waals surface area contributed by atoms with Crippen molar-refractivity contribution in [2.75, 3.05) is 13.1 Å². The molecule has 1 aromatic rings. The number of carbonyl (C=O) groups is 1. The summed E-state index contributed by atoms with van der Waals surface area (Å²) < 4.78 is 25.8. The van der Waals surface area contributed by atoms with Crippen molar-refractivity contribution in [1.29, 1.82) is 0 Å². The van der Waals surface area contributed by atoms with Gasteiger partial charge in [-0.3, -0.25) is 4.79 Å². The minimum Gasteiger partial charge on any atom is -0.350 e. The summed E-state index contributed by atoms with van der Waals surface area (Å²) in [5, 5.41) is 2.20. The van der Waals surface area contributed by atoms with Crippen LogP contribution in [0.2, 0.25) is 0 Å². The molecule has 0 fully saturated rings. The second kappa shape index (κ2) is 9.68. The van der Waals surface area contributed by atoms with Crippen molar-refractivity contribution in [3.05, 3.63) is 35.4 Å². The first-order valence-corrected chi connectivity index (χ1v) is 6.89. The van der Waals surface area contributed by atoms with E-state index in [1.807, 2.05) is 24.3 Å². The third kappa shape index (κ3) is 7.97. The summed E-state index contributed by atoms with van der Waals surface area (Å²) in [6, 6.07) is 7.69. The molecule has 0 aliphatic rings. The van der Waals surface area contributed by atoms with Crippen LogP contribution in [0.25, 0.3) is 0 Å². The van der Waals surface area contributed by atoms with E-state index in [4.69, 9.17) is 5.73 Å². The highest BCUT2D eigenvalue weighted by Crippen LogP contribution is 2.10. The van der Waals surface area contributed by atoms with Crippen molar-refractivity contribution in [1.82, 2.24) is 5.32 Å². The van der Waals surface area contributed by atoms with Gasteiger partial charge in [0.25, 0.3) is 5.92 Å². The number of amides is 1. The fraction of sp³-hybridized carbons (Fsp3) is 0.533. The molecular formula is C15H23ClF2N2O. The Kier molecular flexibility index (Phi) is 9.13. The van der Waals surface area contributed by atoms with Crippen molar-refractivity contribution < 1.29 is 13.6 Å². The smallest absolute Gasteiger partial charge is 0.277 e. The van der Waals surface area contributed by atoms with Gasteiger partial charge in [-0.2, -0.15) is 0 Å². The second-order valence-corrected chi connectivity index (χ2v) is 4.93. The third-order valence-corrected chi connectivity index (χ3v) is 3.05. The Bertz CT molecular complexity index is 424. The molecule has 1 rings (SSSR count). The number of aryl methyl sites for hydroxylation is 1. The Morgan fingerprint density at radius 1 is 1.24 bits per heavy atom. The van der Waals surface area contributed by atoms with Crippen LogP contribution in [-0.2, 0) is 17.6 Å². The van der Waals surface area contributed by atoms with Crippen molar-refractivity contribution >= 4 is 18.3 Å². The number of halogens is 3. The molecule has 0 unspecified atom stereocenters. The highest BCUT2D eigenvalue weighted by atomic mass is 35.5. The van der Waals surface area contributed by atoms with Crippen LogP contribution >= 0.6 is 12.4 Å². The zero-order chi connectivity index (χ0) is 15.0. The summed E-state index contributed by atoms with van der Waals surface area (Å²) in [6.45, 7) is 0.659. The normalized spacial score (nSPS) is 10.9. The Morgan fingerprint density at radius 2 is 1.81 bits per heavy atom. The van der Waals surface area contributed by atoms with Crippen LogP contribution in [0.3, 0.4) is 0 Å². The summed E-state index contributed by atoms with van der Waals surface area (Å²) in [7, 11) is 0. The Balaban J connectivity index is 0.00000400. The molecule has 3 nitrogen and oxygen atoms in total. The minimum atomic E-state index is -3.04. The molecule has 0 bridgehead atoms. The van der Waals surface area contributed by atoms with E-state index in [-0.39, 0.29) is 18.8 Å². The maximum absolute atomic E-state index is 12.9. The van der Waals surface area contributed by atoms with Gasteiger partial charge in [0.2, 0.25) is 5.91 Å². The number of nitrogens with one attached hydrogen (secondary N) is 1. The van der Waals surface area contributed by atoms with Gasteiger partial charge in [-0.15, -0.1) is 12.4 Å². The molecule has 0 aromatic heterocycles. The number of hydrogen-bond donors (Lipinski definition) is 2. The SMILES string of the molecule is CCCCc1ccc(CC(=O)NCC(F)(F)CN)cc1.Cl. The lowest BCUT2D eigenvalue weighted by Crippen LogP contribution is -2.42. The molecule has 21 heavy (non-hydrogen) atoms. The molecule has 0 heterocycles. The first-order valence-electron chi connectivity index (χ1n) is 6.89. The molecule has 6 heteroatoms. The van der Waals surface area contributed by atoms with Crippen molar-refractivity contribution in [2.45, 2.75) is 38.5 Å². The van der Waals surface area contributed by atoms with Crippen LogP contribution in [-0.4, -0.2) is 24.9 Å². The fourth-order valence-electron chi connectivity index (χ4n) is 1.75. The number of carbonyl (C=O) groups excluding carboxylic acids is 1. The highest BCUT2D eigenvalue weighted by Gasteiger charge is 2.26. The maximum Gasteiger partial charge on any atom is 0.277 e. The molecule has 1 aromatic carbocycles. The van der Waals surface area contributed by atoms with E-state index in [1.54, 1.807) is 0 Å². The highest BCUT2D eigenvalue weighted by molar-refractivity contribution is 5.85. The minimum absolute atomic E-state index is 0. The average Bonchev–Trinajstić information content (AvgIpc) is 2.45. The summed E-state index contributed by atoms with van der Waals surface area (Å²) in [5.41, 5.74) is 6.95. The summed E-state index contributed by atoms with van der Waals surface area (Å²) in [6.07, 6.45) is 3.40. The molecule has 0 saturated carbocycles. The molecule has 0 saturated heterocycles. The third-order valence-electron chi connectivity index (χ3n) is 3.05. The number of nitrogens with two attached hydrogens (primary N) is 1. The first kappa shape index (κ1) is 19.8. The second-order valence-electron chi connectivity index (χ2n) is 4.93. The van der Waals surface area contributed by atoms with Gasteiger partial charge in [0, 0.05) is 0 Å². The van der Waals surface area contributed by atoms with Gasteiger partial charge in [-0.25, -0.2) is 8.78 Å². The number of unbranched alkanes of at least 4 members (excludes halogenated alkanes) is 1. The molecule has 120 valence electrons. The number of hydrogen-bond acceptors (Lipinski definition) is 2. The van der Waals surface area contributed by atoms with E-state index in [2.05, 4.69) is 12.2 Å². The van der Waals surface area contributed by atoms with Crippen LogP contribution in [0.1, 0.15) is 30.9 Å². The topological polar surface area (TPSA) is 55.1 Å². The largest absolute Gasteiger partial charge is 0.350 e. The van der Waals surface area contributed by atoms with Crippen molar-refractivity contribution in [3.8, 4) is 0 Å². The van der Waals surface area contributed by atoms with Crippen molar-refractivity contribution in [2.24, 2.45) is 5.73 Å². The number of benzene rings is 1. The van der Waals surface area contributed by atoms with Gasteiger partial charge in [0.1, 0.15) is 0 Å². The fourth-order valence-corrected chi connectivity index (χ4v) is 1.75. The zero-order valence-corrected chi connectivity index (χ0v) is 13.0. The van der Waals surface area contributed by atoms with Crippen LogP contribution in [0, 0.1) is 0 Å². The van der Waals surface area contributed by atoms with Gasteiger partial charge in [0.05, 0.1) is 19.5 Å². The Hall–Kier alpha value is -1.20. The number of alkyl halides is 2. The molecule has 0 spiro atoms. The summed E-state index contributed by atoms with van der Waals surface area (Å²) in [5.74, 6) is -3.46. The molecule has 1 amide bonds. The predicted octanol–water partition coefficient (Wildman–Crippen LogP) is 2.70. The summed E-state index contributed by atoms with van der Waals surface area (Å²) >= 11 is 0.